The predicted molar refractivity (Wildman–Crippen MR) is 136 cm³/mol. The summed E-state index contributed by atoms with van der Waals surface area (Å²) >= 11 is 1.96. The highest BCUT2D eigenvalue weighted by atomic mass is 127. The molecule has 0 saturated heterocycles. The summed E-state index contributed by atoms with van der Waals surface area (Å²) in [5.74, 6) is -1.41. The van der Waals surface area contributed by atoms with Crippen molar-refractivity contribution in [3.8, 4) is 11.5 Å². The highest BCUT2D eigenvalue weighted by Crippen LogP contribution is 2.36. The Bertz CT molecular complexity index is 1430. The molecule has 0 aliphatic carbocycles. The number of hydrogen-bond acceptors (Lipinski definition) is 5. The van der Waals surface area contributed by atoms with E-state index in [4.69, 9.17) is 4.74 Å². The normalized spacial score (nSPS) is 11.8. The highest BCUT2D eigenvalue weighted by molar-refractivity contribution is 14.1. The quantitative estimate of drug-likeness (QED) is 0.324. The Kier molecular flexibility index (Phi) is 8.03. The second kappa shape index (κ2) is 10.4. The molecule has 0 atom stereocenters. The molecule has 0 radical (unpaired) electrons. The number of sulfonamides is 2. The van der Waals surface area contributed by atoms with E-state index < -0.39 is 31.7 Å². The fourth-order valence-electron chi connectivity index (χ4n) is 3.03. The summed E-state index contributed by atoms with van der Waals surface area (Å²) in [5.41, 5.74) is 0.559. The van der Waals surface area contributed by atoms with Gasteiger partial charge in [-0.15, -0.1) is 0 Å². The average Bonchev–Trinajstić information content (AvgIpc) is 2.71. The van der Waals surface area contributed by atoms with Crippen molar-refractivity contribution in [1.82, 2.24) is 0 Å². The molecule has 0 aliphatic rings. The Hall–Kier alpha value is -2.45. The van der Waals surface area contributed by atoms with Gasteiger partial charge in [0.05, 0.1) is 23.4 Å². The van der Waals surface area contributed by atoms with Crippen LogP contribution in [0.5, 0.6) is 11.5 Å². The maximum Gasteiger partial charge on any atom is 0.232 e. The van der Waals surface area contributed by atoms with Crippen LogP contribution in [0.1, 0.15) is 18.1 Å². The number of ether oxygens (including phenoxy) is 1. The highest BCUT2D eigenvalue weighted by Gasteiger charge is 2.19. The predicted octanol–water partition coefficient (Wildman–Crippen LogP) is 5.09. The fourth-order valence-corrected chi connectivity index (χ4v) is 4.72. The largest absolute Gasteiger partial charge is 0.455 e. The van der Waals surface area contributed by atoms with E-state index in [-0.39, 0.29) is 46.2 Å². The first-order valence-electron chi connectivity index (χ1n) is 9.88. The van der Waals surface area contributed by atoms with Crippen molar-refractivity contribution in [2.75, 3.05) is 21.5 Å². The van der Waals surface area contributed by atoms with Crippen LogP contribution >= 0.6 is 22.6 Å². The number of hydrogen-bond donors (Lipinski definition) is 2. The Morgan fingerprint density at radius 2 is 1.68 bits per heavy atom. The van der Waals surface area contributed by atoms with Crippen LogP contribution in [0.25, 0.3) is 0 Å². The minimum Gasteiger partial charge on any atom is -0.455 e. The lowest BCUT2D eigenvalue weighted by molar-refractivity contribution is 0.478. The van der Waals surface area contributed by atoms with Gasteiger partial charge in [-0.2, -0.15) is 0 Å². The molecular weight excluding hydrogens is 601 g/mol. The Labute approximate surface area is 210 Å². The summed E-state index contributed by atoms with van der Waals surface area (Å²) in [6, 6.07) is 12.5. The topological polar surface area (TPSA) is 102 Å². The van der Waals surface area contributed by atoms with Gasteiger partial charge in [0.2, 0.25) is 20.0 Å². The second-order valence-corrected chi connectivity index (χ2v) is 12.4. The lowest BCUT2D eigenvalue weighted by Crippen LogP contribution is -2.14. The molecule has 0 heterocycles. The smallest absolute Gasteiger partial charge is 0.232 e. The minimum absolute atomic E-state index is 0.0543. The van der Waals surface area contributed by atoms with Gasteiger partial charge in [0, 0.05) is 22.1 Å². The molecule has 12 heteroatoms. The van der Waals surface area contributed by atoms with E-state index in [9.17, 15) is 25.6 Å². The zero-order valence-corrected chi connectivity index (χ0v) is 21.9. The number of benzene rings is 3. The zero-order valence-electron chi connectivity index (χ0n) is 18.1. The second-order valence-electron chi connectivity index (χ2n) is 7.36. The van der Waals surface area contributed by atoms with Crippen molar-refractivity contribution < 1.29 is 30.4 Å². The van der Waals surface area contributed by atoms with E-state index in [0.29, 0.717) is 3.57 Å². The molecule has 0 unspecified atom stereocenters. The van der Waals surface area contributed by atoms with Crippen molar-refractivity contribution in [2.24, 2.45) is 0 Å². The van der Waals surface area contributed by atoms with Crippen molar-refractivity contribution in [3.05, 3.63) is 80.9 Å². The summed E-state index contributed by atoms with van der Waals surface area (Å²) in [6.07, 6.45) is 0.820. The van der Waals surface area contributed by atoms with Gasteiger partial charge >= 0.3 is 0 Å². The van der Waals surface area contributed by atoms with E-state index in [0.717, 1.165) is 18.4 Å². The van der Waals surface area contributed by atoms with Gasteiger partial charge in [-0.3, -0.25) is 9.44 Å². The van der Waals surface area contributed by atoms with Gasteiger partial charge in [0.1, 0.15) is 17.4 Å². The standard InChI is InChI=1S/C22H21F2IN2O5S2/c1-3-34(30,31)26-18-5-4-6-19(13-18)32-21-11-16(23)10-15(22(21)27-33(2,28)29)9-14-7-8-17(25)12-20(14)24/h4-8,10-13,26-27H,3,9H2,1-2H3. The van der Waals surface area contributed by atoms with E-state index >= 15 is 0 Å². The third kappa shape index (κ3) is 7.27. The number of nitrogens with one attached hydrogen (secondary N) is 2. The fraction of sp³-hybridized carbons (Fsp3) is 0.182. The molecule has 0 aliphatic heterocycles. The third-order valence-electron chi connectivity index (χ3n) is 4.55. The van der Waals surface area contributed by atoms with Crippen LogP contribution in [0, 0.1) is 15.2 Å². The van der Waals surface area contributed by atoms with Crippen molar-refractivity contribution in [1.29, 1.82) is 0 Å². The molecule has 3 rings (SSSR count). The lowest BCUT2D eigenvalue weighted by Gasteiger charge is -2.17. The van der Waals surface area contributed by atoms with Gasteiger partial charge < -0.3 is 4.74 Å². The summed E-state index contributed by atoms with van der Waals surface area (Å²) in [4.78, 5) is 0. The molecule has 3 aromatic rings. The SMILES string of the molecule is CCS(=O)(=O)Nc1cccc(Oc2cc(F)cc(Cc3ccc(I)cc3F)c2NS(C)(=O)=O)c1. The molecule has 0 saturated carbocycles. The molecule has 182 valence electrons. The van der Waals surface area contributed by atoms with E-state index in [2.05, 4.69) is 9.44 Å². The maximum absolute atomic E-state index is 14.5. The van der Waals surface area contributed by atoms with Crippen LogP contribution in [0.15, 0.2) is 54.6 Å². The Morgan fingerprint density at radius 1 is 0.941 bits per heavy atom. The number of anilines is 2. The molecule has 0 amide bonds. The van der Waals surface area contributed by atoms with Crippen LogP contribution in [0.2, 0.25) is 0 Å². The van der Waals surface area contributed by atoms with Gasteiger partial charge in [-0.05, 0) is 71.0 Å². The van der Waals surface area contributed by atoms with Gasteiger partial charge in [0.25, 0.3) is 0 Å². The molecule has 0 spiro atoms. The first kappa shape index (κ1) is 26.2. The van der Waals surface area contributed by atoms with Crippen LogP contribution < -0.4 is 14.2 Å². The first-order chi connectivity index (χ1) is 15.8. The summed E-state index contributed by atoms with van der Waals surface area (Å²) in [7, 11) is -7.35. The lowest BCUT2D eigenvalue weighted by atomic mass is 10.0. The molecule has 2 N–H and O–H groups in total. The summed E-state index contributed by atoms with van der Waals surface area (Å²) in [5, 5.41) is 0. The summed E-state index contributed by atoms with van der Waals surface area (Å²) < 4.78 is 87.9. The number of halogens is 3. The average molecular weight is 622 g/mol. The van der Waals surface area contributed by atoms with Crippen molar-refractivity contribution >= 4 is 54.0 Å². The number of rotatable bonds is 9. The van der Waals surface area contributed by atoms with Crippen LogP contribution in [-0.2, 0) is 26.5 Å². The Morgan fingerprint density at radius 3 is 2.32 bits per heavy atom. The maximum atomic E-state index is 14.5. The molecule has 0 fully saturated rings. The van der Waals surface area contributed by atoms with Gasteiger partial charge in [-0.25, -0.2) is 25.6 Å². The van der Waals surface area contributed by atoms with E-state index in [1.807, 2.05) is 22.6 Å². The molecular formula is C22H21F2IN2O5S2. The Balaban J connectivity index is 2.05. The molecule has 7 nitrogen and oxygen atoms in total. The molecule has 0 aromatic heterocycles. The van der Waals surface area contributed by atoms with Gasteiger partial charge in [-0.1, -0.05) is 12.1 Å². The van der Waals surface area contributed by atoms with Crippen molar-refractivity contribution in [3.63, 3.8) is 0 Å². The van der Waals surface area contributed by atoms with Crippen LogP contribution in [0.3, 0.4) is 0 Å². The zero-order chi connectivity index (χ0) is 25.1. The molecule has 34 heavy (non-hydrogen) atoms. The monoisotopic (exact) mass is 622 g/mol. The first-order valence-corrected chi connectivity index (χ1v) is 14.5. The molecule has 3 aromatic carbocycles. The molecule has 0 bridgehead atoms. The van der Waals surface area contributed by atoms with Crippen molar-refractivity contribution in [2.45, 2.75) is 13.3 Å². The van der Waals surface area contributed by atoms with Crippen LogP contribution in [0.4, 0.5) is 20.2 Å². The minimum atomic E-state index is -3.81. The van der Waals surface area contributed by atoms with E-state index in [1.54, 1.807) is 6.07 Å². The van der Waals surface area contributed by atoms with E-state index in [1.165, 1.54) is 43.3 Å². The third-order valence-corrected chi connectivity index (χ3v) is 7.10. The van der Waals surface area contributed by atoms with Gasteiger partial charge in [0.15, 0.2) is 5.75 Å². The summed E-state index contributed by atoms with van der Waals surface area (Å²) in [6.45, 7) is 1.48. The van der Waals surface area contributed by atoms with Crippen LogP contribution in [-0.4, -0.2) is 28.8 Å².